The van der Waals surface area contributed by atoms with Crippen molar-refractivity contribution in [2.75, 3.05) is 10.6 Å². The molecule has 0 saturated heterocycles. The molecule has 10 heteroatoms. The number of benzene rings is 2. The lowest BCUT2D eigenvalue weighted by Gasteiger charge is -2.09. The second-order valence-corrected chi connectivity index (χ2v) is 5.12. The van der Waals surface area contributed by atoms with Gasteiger partial charge in [-0.3, -0.25) is 14.9 Å². The topological polar surface area (TPSA) is 108 Å². The van der Waals surface area contributed by atoms with Crippen LogP contribution in [0.1, 0.15) is 5.56 Å². The maximum absolute atomic E-state index is 12.7. The Labute approximate surface area is 150 Å². The van der Waals surface area contributed by atoms with E-state index in [1.807, 2.05) is 0 Å². The summed E-state index contributed by atoms with van der Waals surface area (Å²) in [5.41, 5.74) is -1.85. The van der Waals surface area contributed by atoms with Gasteiger partial charge in [0.25, 0.3) is 11.6 Å². The van der Waals surface area contributed by atoms with E-state index in [-0.39, 0.29) is 17.1 Å². The van der Waals surface area contributed by atoms with E-state index < -0.39 is 28.1 Å². The molecule has 0 aromatic heterocycles. The van der Waals surface area contributed by atoms with Gasteiger partial charge in [0.2, 0.25) is 0 Å². The molecule has 0 atom stereocenters. The quantitative estimate of drug-likeness (QED) is 0.354. The number of nitrogens with one attached hydrogen (secondary N) is 2. The third-order valence-corrected chi connectivity index (χ3v) is 3.29. The molecule has 1 amide bonds. The standard InChI is InChI=1S/C17H11F3N4O3/c18-17(19,20)12-4-3-5-13(8-12)22-10-11(9-21)16(25)23-14-6-1-2-7-15(14)24(26)27/h1-8,10,22H,(H,23,25)/b11-10-. The van der Waals surface area contributed by atoms with Crippen LogP contribution in [0.4, 0.5) is 30.2 Å². The molecule has 0 spiro atoms. The Hall–Kier alpha value is -3.87. The monoisotopic (exact) mass is 376 g/mol. The minimum absolute atomic E-state index is 0.0102. The van der Waals surface area contributed by atoms with Crippen LogP contribution in [0.15, 0.2) is 60.3 Å². The molecule has 0 heterocycles. The number of amides is 1. The summed E-state index contributed by atoms with van der Waals surface area (Å²) in [6.45, 7) is 0. The van der Waals surface area contributed by atoms with Crippen LogP contribution in [-0.4, -0.2) is 10.8 Å². The van der Waals surface area contributed by atoms with Crippen molar-refractivity contribution in [3.05, 3.63) is 76.0 Å². The third kappa shape index (κ3) is 5.05. The first-order valence-corrected chi connectivity index (χ1v) is 7.31. The number of alkyl halides is 3. The largest absolute Gasteiger partial charge is 0.416 e. The summed E-state index contributed by atoms with van der Waals surface area (Å²) in [6, 6.07) is 11.1. The third-order valence-electron chi connectivity index (χ3n) is 3.29. The number of rotatable bonds is 5. The van der Waals surface area contributed by atoms with E-state index in [0.717, 1.165) is 18.3 Å². The molecular weight excluding hydrogens is 365 g/mol. The van der Waals surface area contributed by atoms with Gasteiger partial charge in [-0.25, -0.2) is 0 Å². The predicted molar refractivity (Wildman–Crippen MR) is 90.5 cm³/mol. The van der Waals surface area contributed by atoms with E-state index in [0.29, 0.717) is 0 Å². The van der Waals surface area contributed by atoms with Crippen molar-refractivity contribution < 1.29 is 22.9 Å². The molecule has 7 nitrogen and oxygen atoms in total. The number of halogens is 3. The molecule has 0 fully saturated rings. The summed E-state index contributed by atoms with van der Waals surface area (Å²) < 4.78 is 38.1. The fourth-order valence-electron chi connectivity index (χ4n) is 2.02. The molecule has 0 unspecified atom stereocenters. The van der Waals surface area contributed by atoms with Gasteiger partial charge in [-0.15, -0.1) is 0 Å². The van der Waals surface area contributed by atoms with Gasteiger partial charge in [0.15, 0.2) is 0 Å². The first kappa shape index (κ1) is 19.5. The predicted octanol–water partition coefficient (Wildman–Crippen LogP) is 4.07. The minimum Gasteiger partial charge on any atom is -0.360 e. The number of nitriles is 1. The highest BCUT2D eigenvalue weighted by molar-refractivity contribution is 6.07. The summed E-state index contributed by atoms with van der Waals surface area (Å²) in [5, 5.41) is 24.7. The molecule has 2 rings (SSSR count). The number of nitro benzene ring substituents is 1. The SMILES string of the molecule is N#C/C(=C/Nc1cccc(C(F)(F)F)c1)C(=O)Nc1ccccc1[N+](=O)[O-]. The fourth-order valence-corrected chi connectivity index (χ4v) is 2.02. The normalized spacial score (nSPS) is 11.4. The molecule has 2 N–H and O–H groups in total. The first-order valence-electron chi connectivity index (χ1n) is 7.31. The smallest absolute Gasteiger partial charge is 0.360 e. The van der Waals surface area contributed by atoms with Gasteiger partial charge in [0.05, 0.1) is 10.5 Å². The summed E-state index contributed by atoms with van der Waals surface area (Å²) in [6.07, 6.45) is -3.62. The van der Waals surface area contributed by atoms with Crippen molar-refractivity contribution in [3.8, 4) is 6.07 Å². The molecule has 0 bridgehead atoms. The van der Waals surface area contributed by atoms with Crippen molar-refractivity contribution in [1.29, 1.82) is 5.26 Å². The Morgan fingerprint density at radius 1 is 1.19 bits per heavy atom. The van der Waals surface area contributed by atoms with E-state index in [1.54, 1.807) is 6.07 Å². The maximum Gasteiger partial charge on any atom is 0.416 e. The highest BCUT2D eigenvalue weighted by atomic mass is 19.4. The lowest BCUT2D eigenvalue weighted by molar-refractivity contribution is -0.383. The maximum atomic E-state index is 12.7. The lowest BCUT2D eigenvalue weighted by Crippen LogP contribution is -2.15. The van der Waals surface area contributed by atoms with Gasteiger partial charge in [-0.2, -0.15) is 18.4 Å². The molecule has 2 aromatic rings. The number of hydrogen-bond acceptors (Lipinski definition) is 5. The number of nitro groups is 1. The number of carbonyl (C=O) groups excluding carboxylic acids is 1. The van der Waals surface area contributed by atoms with Crippen molar-refractivity contribution in [2.45, 2.75) is 6.18 Å². The zero-order chi connectivity index (χ0) is 20.0. The van der Waals surface area contributed by atoms with Crippen LogP contribution in [0.25, 0.3) is 0 Å². The number of para-hydroxylation sites is 2. The van der Waals surface area contributed by atoms with E-state index in [2.05, 4.69) is 10.6 Å². The molecule has 0 saturated carbocycles. The van der Waals surface area contributed by atoms with Gasteiger partial charge in [-0.05, 0) is 24.3 Å². The number of carbonyl (C=O) groups is 1. The van der Waals surface area contributed by atoms with Crippen LogP contribution < -0.4 is 10.6 Å². The van der Waals surface area contributed by atoms with Crippen LogP contribution in [0, 0.1) is 21.4 Å². The van der Waals surface area contributed by atoms with Crippen molar-refractivity contribution in [3.63, 3.8) is 0 Å². The molecule has 27 heavy (non-hydrogen) atoms. The Morgan fingerprint density at radius 2 is 1.89 bits per heavy atom. The Bertz CT molecular complexity index is 949. The highest BCUT2D eigenvalue weighted by Gasteiger charge is 2.30. The number of nitrogens with zero attached hydrogens (tertiary/aromatic N) is 2. The Balaban J connectivity index is 2.19. The molecule has 0 radical (unpaired) electrons. The summed E-state index contributed by atoms with van der Waals surface area (Å²) in [7, 11) is 0. The van der Waals surface area contributed by atoms with Crippen LogP contribution >= 0.6 is 0 Å². The lowest BCUT2D eigenvalue weighted by atomic mass is 10.2. The number of hydrogen-bond donors (Lipinski definition) is 2. The minimum atomic E-state index is -4.54. The highest BCUT2D eigenvalue weighted by Crippen LogP contribution is 2.30. The summed E-state index contributed by atoms with van der Waals surface area (Å²) in [5.74, 6) is -0.953. The second-order valence-electron chi connectivity index (χ2n) is 5.12. The average Bonchev–Trinajstić information content (AvgIpc) is 2.62. The Morgan fingerprint density at radius 3 is 2.52 bits per heavy atom. The van der Waals surface area contributed by atoms with Crippen molar-refractivity contribution in [1.82, 2.24) is 0 Å². The Kier molecular flexibility index (Phi) is 5.77. The fraction of sp³-hybridized carbons (Fsp3) is 0.0588. The molecule has 2 aromatic carbocycles. The summed E-state index contributed by atoms with van der Waals surface area (Å²) >= 11 is 0. The zero-order valence-electron chi connectivity index (χ0n) is 13.4. The van der Waals surface area contributed by atoms with Crippen molar-refractivity contribution >= 4 is 23.0 Å². The van der Waals surface area contributed by atoms with Crippen LogP contribution in [-0.2, 0) is 11.0 Å². The van der Waals surface area contributed by atoms with E-state index in [1.165, 1.54) is 36.4 Å². The van der Waals surface area contributed by atoms with Gasteiger partial charge in [0.1, 0.15) is 17.3 Å². The van der Waals surface area contributed by atoms with Crippen molar-refractivity contribution in [2.24, 2.45) is 0 Å². The van der Waals surface area contributed by atoms with Gasteiger partial charge < -0.3 is 10.6 Å². The van der Waals surface area contributed by atoms with E-state index in [9.17, 15) is 28.1 Å². The van der Waals surface area contributed by atoms with Crippen LogP contribution in [0.5, 0.6) is 0 Å². The molecule has 0 aliphatic carbocycles. The number of anilines is 2. The van der Waals surface area contributed by atoms with Gasteiger partial charge >= 0.3 is 6.18 Å². The molecular formula is C17H11F3N4O3. The van der Waals surface area contributed by atoms with E-state index in [4.69, 9.17) is 5.26 Å². The second kappa shape index (κ2) is 8.01. The van der Waals surface area contributed by atoms with Crippen LogP contribution in [0.2, 0.25) is 0 Å². The first-order chi connectivity index (χ1) is 12.7. The van der Waals surface area contributed by atoms with Gasteiger partial charge in [0, 0.05) is 18.0 Å². The summed E-state index contributed by atoms with van der Waals surface area (Å²) in [4.78, 5) is 22.4. The molecule has 0 aliphatic rings. The van der Waals surface area contributed by atoms with Gasteiger partial charge in [-0.1, -0.05) is 18.2 Å². The molecule has 138 valence electrons. The average molecular weight is 376 g/mol. The van der Waals surface area contributed by atoms with E-state index >= 15 is 0 Å². The molecule has 0 aliphatic heterocycles. The zero-order valence-corrected chi connectivity index (χ0v) is 13.4. The van der Waals surface area contributed by atoms with Crippen LogP contribution in [0.3, 0.4) is 0 Å².